The number of nitrogen functional groups attached to an aromatic ring is 1. The minimum Gasteiger partial charge on any atom is -0.399 e. The number of nitrogens with two attached hydrogens (primary N) is 1. The number of nitrogens with zero attached hydrogens (tertiary/aromatic N) is 2. The molecular formula is C13H14FN3O2S. The molecule has 0 saturated carbocycles. The molecule has 2 aromatic rings. The molecule has 0 spiro atoms. The minimum absolute atomic E-state index is 0.0867. The zero-order valence-corrected chi connectivity index (χ0v) is 11.6. The Morgan fingerprint density at radius 3 is 2.70 bits per heavy atom. The Morgan fingerprint density at radius 1 is 1.30 bits per heavy atom. The lowest BCUT2D eigenvalue weighted by Crippen LogP contribution is -2.28. The maximum absolute atomic E-state index is 13.6. The second-order valence-corrected chi connectivity index (χ2v) is 6.26. The van der Waals surface area contributed by atoms with Crippen LogP contribution in [0.4, 0.5) is 10.1 Å². The van der Waals surface area contributed by atoms with Gasteiger partial charge in [0.25, 0.3) is 10.0 Å². The lowest BCUT2D eigenvalue weighted by Gasteiger charge is -2.17. The van der Waals surface area contributed by atoms with Gasteiger partial charge in [0.05, 0.1) is 0 Å². The molecule has 1 heterocycles. The van der Waals surface area contributed by atoms with E-state index in [2.05, 4.69) is 4.98 Å². The second kappa shape index (κ2) is 5.56. The molecule has 106 valence electrons. The normalized spacial score (nSPS) is 11.8. The third-order valence-corrected chi connectivity index (χ3v) is 4.47. The van der Waals surface area contributed by atoms with Gasteiger partial charge in [-0.1, -0.05) is 12.1 Å². The molecule has 2 rings (SSSR count). The van der Waals surface area contributed by atoms with Crippen LogP contribution < -0.4 is 5.73 Å². The van der Waals surface area contributed by atoms with Crippen molar-refractivity contribution in [1.82, 2.24) is 9.29 Å². The van der Waals surface area contributed by atoms with Crippen LogP contribution in [-0.2, 0) is 16.6 Å². The van der Waals surface area contributed by atoms with Gasteiger partial charge in [0.15, 0.2) is 5.82 Å². The number of sulfonamides is 1. The number of benzene rings is 1. The average molecular weight is 295 g/mol. The van der Waals surface area contributed by atoms with E-state index in [-0.39, 0.29) is 6.54 Å². The van der Waals surface area contributed by atoms with Crippen molar-refractivity contribution in [3.05, 3.63) is 54.0 Å². The van der Waals surface area contributed by atoms with Crippen molar-refractivity contribution in [2.45, 2.75) is 11.6 Å². The largest absolute Gasteiger partial charge is 0.399 e. The lowest BCUT2D eigenvalue weighted by molar-refractivity contribution is 0.455. The predicted octanol–water partition coefficient (Wildman–Crippen LogP) is 1.62. The van der Waals surface area contributed by atoms with E-state index in [1.807, 2.05) is 0 Å². The summed E-state index contributed by atoms with van der Waals surface area (Å²) < 4.78 is 39.1. The van der Waals surface area contributed by atoms with Crippen molar-refractivity contribution < 1.29 is 12.8 Å². The van der Waals surface area contributed by atoms with Crippen molar-refractivity contribution in [1.29, 1.82) is 0 Å². The van der Waals surface area contributed by atoms with E-state index in [9.17, 15) is 12.8 Å². The van der Waals surface area contributed by atoms with E-state index in [1.54, 1.807) is 24.3 Å². The summed E-state index contributed by atoms with van der Waals surface area (Å²) in [5.74, 6) is -0.869. The van der Waals surface area contributed by atoms with Crippen molar-refractivity contribution in [3.63, 3.8) is 0 Å². The number of aromatic nitrogens is 1. The Morgan fingerprint density at radius 2 is 2.05 bits per heavy atom. The molecule has 0 aliphatic heterocycles. The van der Waals surface area contributed by atoms with Crippen LogP contribution in [0.5, 0.6) is 0 Å². The Hall–Kier alpha value is -1.99. The number of hydrogen-bond acceptors (Lipinski definition) is 4. The van der Waals surface area contributed by atoms with Gasteiger partial charge >= 0.3 is 0 Å². The molecule has 0 fully saturated rings. The zero-order chi connectivity index (χ0) is 14.8. The van der Waals surface area contributed by atoms with Gasteiger partial charge in [-0.3, -0.25) is 0 Å². The highest BCUT2D eigenvalue weighted by atomic mass is 32.2. The zero-order valence-electron chi connectivity index (χ0n) is 10.8. The summed E-state index contributed by atoms with van der Waals surface area (Å²) in [5.41, 5.74) is 6.89. The van der Waals surface area contributed by atoms with Crippen molar-refractivity contribution in [2.75, 3.05) is 12.8 Å². The van der Waals surface area contributed by atoms with Crippen LogP contribution in [0, 0.1) is 5.82 Å². The van der Waals surface area contributed by atoms with Crippen molar-refractivity contribution >= 4 is 15.7 Å². The van der Waals surface area contributed by atoms with Gasteiger partial charge in [0.2, 0.25) is 5.03 Å². The summed E-state index contributed by atoms with van der Waals surface area (Å²) in [7, 11) is -2.61. The topological polar surface area (TPSA) is 76.3 Å². The van der Waals surface area contributed by atoms with E-state index in [1.165, 1.54) is 19.3 Å². The van der Waals surface area contributed by atoms with Crippen LogP contribution in [-0.4, -0.2) is 24.8 Å². The first kappa shape index (κ1) is 14.4. The van der Waals surface area contributed by atoms with E-state index in [4.69, 9.17) is 5.73 Å². The minimum atomic E-state index is -3.97. The smallest absolute Gasteiger partial charge is 0.263 e. The first-order valence-electron chi connectivity index (χ1n) is 5.82. The van der Waals surface area contributed by atoms with E-state index in [0.717, 1.165) is 10.4 Å². The van der Waals surface area contributed by atoms with Gasteiger partial charge in [-0.25, -0.2) is 17.8 Å². The maximum Gasteiger partial charge on any atom is 0.263 e. The molecule has 0 radical (unpaired) electrons. The van der Waals surface area contributed by atoms with Crippen LogP contribution >= 0.6 is 0 Å². The summed E-state index contributed by atoms with van der Waals surface area (Å²) in [4.78, 5) is 3.60. The molecule has 7 heteroatoms. The van der Waals surface area contributed by atoms with Crippen LogP contribution in [0.1, 0.15) is 5.56 Å². The Labute approximate surface area is 116 Å². The summed E-state index contributed by atoms with van der Waals surface area (Å²) in [6.45, 7) is 0.0867. The molecule has 0 saturated heterocycles. The molecular weight excluding hydrogens is 281 g/mol. The number of pyridine rings is 1. The fourth-order valence-corrected chi connectivity index (χ4v) is 2.86. The molecule has 5 nitrogen and oxygen atoms in total. The first-order chi connectivity index (χ1) is 9.41. The standard InChI is InChI=1S/C13H14FN3O2S/c1-17(9-10-4-2-5-11(15)8-10)20(18,19)13-12(14)6-3-7-16-13/h2-8H,9,15H2,1H3. The fraction of sp³-hybridized carbons (Fsp3) is 0.154. The van der Waals surface area contributed by atoms with Gasteiger partial charge in [-0.15, -0.1) is 0 Å². The van der Waals surface area contributed by atoms with E-state index < -0.39 is 20.9 Å². The molecule has 0 aliphatic carbocycles. The van der Waals surface area contributed by atoms with Gasteiger partial charge < -0.3 is 5.73 Å². The number of halogens is 1. The lowest BCUT2D eigenvalue weighted by atomic mass is 10.2. The monoisotopic (exact) mass is 295 g/mol. The Balaban J connectivity index is 2.29. The SMILES string of the molecule is CN(Cc1cccc(N)c1)S(=O)(=O)c1ncccc1F. The van der Waals surface area contributed by atoms with Gasteiger partial charge in [0, 0.05) is 25.5 Å². The Kier molecular flexibility index (Phi) is 4.01. The molecule has 0 aliphatic rings. The summed E-state index contributed by atoms with van der Waals surface area (Å²) in [5, 5.41) is -0.577. The second-order valence-electron chi connectivity index (χ2n) is 4.30. The summed E-state index contributed by atoms with van der Waals surface area (Å²) >= 11 is 0. The van der Waals surface area contributed by atoms with Crippen LogP contribution in [0.15, 0.2) is 47.6 Å². The van der Waals surface area contributed by atoms with Gasteiger partial charge in [-0.2, -0.15) is 4.31 Å². The molecule has 1 aromatic carbocycles. The predicted molar refractivity (Wildman–Crippen MR) is 73.7 cm³/mol. The molecule has 0 atom stereocenters. The highest BCUT2D eigenvalue weighted by molar-refractivity contribution is 7.89. The third kappa shape index (κ3) is 2.94. The highest BCUT2D eigenvalue weighted by Gasteiger charge is 2.25. The third-order valence-electron chi connectivity index (χ3n) is 2.74. The molecule has 0 unspecified atom stereocenters. The van der Waals surface area contributed by atoms with Crippen molar-refractivity contribution in [2.24, 2.45) is 0 Å². The fourth-order valence-electron chi connectivity index (χ4n) is 1.74. The van der Waals surface area contributed by atoms with Gasteiger partial charge in [-0.05, 0) is 29.8 Å². The van der Waals surface area contributed by atoms with Crippen LogP contribution in [0.25, 0.3) is 0 Å². The van der Waals surface area contributed by atoms with Gasteiger partial charge in [0.1, 0.15) is 0 Å². The summed E-state index contributed by atoms with van der Waals surface area (Å²) in [6, 6.07) is 9.25. The number of anilines is 1. The molecule has 0 amide bonds. The van der Waals surface area contributed by atoms with Crippen LogP contribution in [0.2, 0.25) is 0 Å². The highest BCUT2D eigenvalue weighted by Crippen LogP contribution is 2.18. The average Bonchev–Trinajstić information content (AvgIpc) is 2.39. The molecule has 2 N–H and O–H groups in total. The Bertz CT molecular complexity index is 719. The summed E-state index contributed by atoms with van der Waals surface area (Å²) in [6.07, 6.45) is 1.24. The number of hydrogen-bond donors (Lipinski definition) is 1. The molecule has 0 bridgehead atoms. The van der Waals surface area contributed by atoms with E-state index in [0.29, 0.717) is 11.3 Å². The molecule has 20 heavy (non-hydrogen) atoms. The first-order valence-corrected chi connectivity index (χ1v) is 7.26. The maximum atomic E-state index is 13.6. The van der Waals surface area contributed by atoms with E-state index >= 15 is 0 Å². The quantitative estimate of drug-likeness (QED) is 0.870. The van der Waals surface area contributed by atoms with Crippen LogP contribution in [0.3, 0.4) is 0 Å². The number of rotatable bonds is 4. The molecule has 1 aromatic heterocycles. The van der Waals surface area contributed by atoms with Crippen molar-refractivity contribution in [3.8, 4) is 0 Å².